The summed E-state index contributed by atoms with van der Waals surface area (Å²) >= 11 is 0. The summed E-state index contributed by atoms with van der Waals surface area (Å²) in [6.07, 6.45) is 1.62. The minimum Gasteiger partial charge on any atom is -0.385 e. The van der Waals surface area contributed by atoms with E-state index in [0.717, 1.165) is 13.1 Å². The highest BCUT2D eigenvalue weighted by atomic mass is 16.3. The summed E-state index contributed by atoms with van der Waals surface area (Å²) in [5.41, 5.74) is 1.73. The van der Waals surface area contributed by atoms with E-state index in [4.69, 9.17) is 0 Å². The van der Waals surface area contributed by atoms with E-state index in [0.29, 0.717) is 12.5 Å². The Bertz CT molecular complexity index is 409. The van der Waals surface area contributed by atoms with E-state index < -0.39 is 5.60 Å². The minimum atomic E-state index is -0.835. The molecule has 1 aromatic rings. The van der Waals surface area contributed by atoms with Crippen molar-refractivity contribution in [3.63, 3.8) is 0 Å². The average molecular weight is 261 g/mol. The van der Waals surface area contributed by atoms with Crippen molar-refractivity contribution in [1.82, 2.24) is 4.90 Å². The molecule has 0 saturated carbocycles. The molecule has 0 fully saturated rings. The Balaban J connectivity index is 2.77. The number of aryl methyl sites for hydroxylation is 1. The number of hydrogen-bond donors (Lipinski definition) is 1. The van der Waals surface area contributed by atoms with Gasteiger partial charge in [-0.05, 0) is 25.3 Å². The summed E-state index contributed by atoms with van der Waals surface area (Å²) in [4.78, 5) is 2.29. The molecule has 106 valence electrons. The van der Waals surface area contributed by atoms with Gasteiger partial charge in [0.1, 0.15) is 0 Å². The van der Waals surface area contributed by atoms with E-state index in [1.54, 1.807) is 6.08 Å². The standard InChI is InChI=1S/C17H27NO/c1-6-17(5,19)13-18(11-14(2)3)12-16-9-7-8-15(4)10-16/h6-10,14,19H,1,11-13H2,2-5H3. The van der Waals surface area contributed by atoms with Gasteiger partial charge in [-0.1, -0.05) is 49.8 Å². The zero-order valence-corrected chi connectivity index (χ0v) is 12.7. The van der Waals surface area contributed by atoms with Gasteiger partial charge in [0.2, 0.25) is 0 Å². The van der Waals surface area contributed by atoms with Gasteiger partial charge in [-0.15, -0.1) is 6.58 Å². The van der Waals surface area contributed by atoms with Crippen LogP contribution in [0.15, 0.2) is 36.9 Å². The fourth-order valence-corrected chi connectivity index (χ4v) is 2.29. The van der Waals surface area contributed by atoms with Crippen LogP contribution in [-0.4, -0.2) is 28.7 Å². The van der Waals surface area contributed by atoms with Crippen molar-refractivity contribution in [3.8, 4) is 0 Å². The molecular weight excluding hydrogens is 234 g/mol. The number of hydrogen-bond acceptors (Lipinski definition) is 2. The van der Waals surface area contributed by atoms with E-state index in [-0.39, 0.29) is 0 Å². The number of nitrogens with zero attached hydrogens (tertiary/aromatic N) is 1. The Morgan fingerprint density at radius 1 is 1.42 bits per heavy atom. The van der Waals surface area contributed by atoms with Crippen LogP contribution in [0.1, 0.15) is 31.9 Å². The summed E-state index contributed by atoms with van der Waals surface area (Å²) in [6, 6.07) is 8.54. The molecule has 0 amide bonds. The maximum Gasteiger partial charge on any atom is 0.0923 e. The second-order valence-electron chi connectivity index (χ2n) is 6.11. The largest absolute Gasteiger partial charge is 0.385 e. The summed E-state index contributed by atoms with van der Waals surface area (Å²) in [5, 5.41) is 10.2. The first-order valence-electron chi connectivity index (χ1n) is 6.96. The third-order valence-corrected chi connectivity index (χ3v) is 3.10. The summed E-state index contributed by atoms with van der Waals surface area (Å²) in [6.45, 7) is 14.5. The van der Waals surface area contributed by atoms with Crippen LogP contribution in [0.25, 0.3) is 0 Å². The van der Waals surface area contributed by atoms with Gasteiger partial charge >= 0.3 is 0 Å². The third-order valence-electron chi connectivity index (χ3n) is 3.10. The average Bonchev–Trinajstić information content (AvgIpc) is 2.27. The van der Waals surface area contributed by atoms with Crippen molar-refractivity contribution >= 4 is 0 Å². The van der Waals surface area contributed by atoms with Crippen molar-refractivity contribution in [3.05, 3.63) is 48.0 Å². The molecule has 0 aliphatic heterocycles. The lowest BCUT2D eigenvalue weighted by molar-refractivity contribution is 0.0541. The lowest BCUT2D eigenvalue weighted by Crippen LogP contribution is -2.40. The van der Waals surface area contributed by atoms with Crippen LogP contribution in [0.3, 0.4) is 0 Å². The van der Waals surface area contributed by atoms with Crippen LogP contribution in [0.5, 0.6) is 0 Å². The van der Waals surface area contributed by atoms with Crippen LogP contribution in [0.4, 0.5) is 0 Å². The molecule has 0 heterocycles. The zero-order chi connectivity index (χ0) is 14.5. The maximum absolute atomic E-state index is 10.2. The molecule has 1 N–H and O–H groups in total. The molecule has 0 radical (unpaired) electrons. The monoisotopic (exact) mass is 261 g/mol. The summed E-state index contributed by atoms with van der Waals surface area (Å²) < 4.78 is 0. The Kier molecular flexibility index (Phi) is 5.77. The fraction of sp³-hybridized carbons (Fsp3) is 0.529. The van der Waals surface area contributed by atoms with E-state index >= 15 is 0 Å². The third kappa shape index (κ3) is 6.04. The van der Waals surface area contributed by atoms with Crippen LogP contribution in [0.2, 0.25) is 0 Å². The van der Waals surface area contributed by atoms with Crippen molar-refractivity contribution in [2.24, 2.45) is 5.92 Å². The second kappa shape index (κ2) is 6.88. The molecule has 0 aliphatic rings. The highest BCUT2D eigenvalue weighted by Gasteiger charge is 2.21. The molecule has 2 nitrogen and oxygen atoms in total. The van der Waals surface area contributed by atoms with Crippen molar-refractivity contribution in [2.75, 3.05) is 13.1 Å². The molecular formula is C17H27NO. The normalized spacial score (nSPS) is 14.7. The van der Waals surface area contributed by atoms with Crippen molar-refractivity contribution in [1.29, 1.82) is 0 Å². The smallest absolute Gasteiger partial charge is 0.0923 e. The second-order valence-corrected chi connectivity index (χ2v) is 6.11. The van der Waals surface area contributed by atoms with Gasteiger partial charge in [0.05, 0.1) is 5.60 Å². The predicted octanol–water partition coefficient (Wildman–Crippen LogP) is 3.39. The molecule has 0 aromatic heterocycles. The van der Waals surface area contributed by atoms with Crippen LogP contribution >= 0.6 is 0 Å². The van der Waals surface area contributed by atoms with E-state index in [2.05, 4.69) is 56.5 Å². The van der Waals surface area contributed by atoms with Gasteiger partial charge < -0.3 is 5.11 Å². The van der Waals surface area contributed by atoms with Gasteiger partial charge in [-0.2, -0.15) is 0 Å². The molecule has 1 unspecified atom stereocenters. The SMILES string of the molecule is C=CC(C)(O)CN(Cc1cccc(C)c1)CC(C)C. The van der Waals surface area contributed by atoms with Gasteiger partial charge in [-0.25, -0.2) is 0 Å². The van der Waals surface area contributed by atoms with E-state index in [1.807, 2.05) is 6.92 Å². The molecule has 0 spiro atoms. The Labute approximate surface area is 117 Å². The first-order valence-corrected chi connectivity index (χ1v) is 6.96. The van der Waals surface area contributed by atoms with Crippen LogP contribution in [-0.2, 0) is 6.54 Å². The molecule has 0 bridgehead atoms. The van der Waals surface area contributed by atoms with Crippen molar-refractivity contribution in [2.45, 2.75) is 39.8 Å². The van der Waals surface area contributed by atoms with E-state index in [1.165, 1.54) is 11.1 Å². The first-order chi connectivity index (χ1) is 8.82. The Hall–Kier alpha value is -1.12. The fourth-order valence-electron chi connectivity index (χ4n) is 2.29. The van der Waals surface area contributed by atoms with Gasteiger partial charge in [0.25, 0.3) is 0 Å². The number of aliphatic hydroxyl groups is 1. The molecule has 19 heavy (non-hydrogen) atoms. The minimum absolute atomic E-state index is 0.574. The van der Waals surface area contributed by atoms with Crippen molar-refractivity contribution < 1.29 is 5.11 Å². The predicted molar refractivity (Wildman–Crippen MR) is 82.1 cm³/mol. The van der Waals surface area contributed by atoms with E-state index in [9.17, 15) is 5.11 Å². The highest BCUT2D eigenvalue weighted by molar-refractivity contribution is 5.22. The quantitative estimate of drug-likeness (QED) is 0.761. The highest BCUT2D eigenvalue weighted by Crippen LogP contribution is 2.14. The van der Waals surface area contributed by atoms with Gasteiger partial charge in [-0.3, -0.25) is 4.90 Å². The van der Waals surface area contributed by atoms with Crippen LogP contribution < -0.4 is 0 Å². The molecule has 1 rings (SSSR count). The van der Waals surface area contributed by atoms with Gasteiger partial charge in [0.15, 0.2) is 0 Å². The molecule has 1 aromatic carbocycles. The van der Waals surface area contributed by atoms with Gasteiger partial charge in [0, 0.05) is 19.6 Å². The molecule has 0 aliphatic carbocycles. The lowest BCUT2D eigenvalue weighted by atomic mass is 10.0. The zero-order valence-electron chi connectivity index (χ0n) is 12.7. The molecule has 1 atom stereocenters. The lowest BCUT2D eigenvalue weighted by Gasteiger charge is -2.31. The topological polar surface area (TPSA) is 23.5 Å². The summed E-state index contributed by atoms with van der Waals surface area (Å²) in [5.74, 6) is 0.574. The Morgan fingerprint density at radius 2 is 2.11 bits per heavy atom. The first kappa shape index (κ1) is 15.9. The molecule has 0 saturated heterocycles. The maximum atomic E-state index is 10.2. The molecule has 2 heteroatoms. The number of benzene rings is 1. The Morgan fingerprint density at radius 3 is 2.63 bits per heavy atom. The number of rotatable bonds is 7. The van der Waals surface area contributed by atoms with Crippen LogP contribution in [0, 0.1) is 12.8 Å². The summed E-state index contributed by atoms with van der Waals surface area (Å²) in [7, 11) is 0.